The van der Waals surface area contributed by atoms with Crippen molar-refractivity contribution in [3.63, 3.8) is 0 Å². The fourth-order valence-corrected chi connectivity index (χ4v) is 2.88. The number of carboxylic acids is 1. The highest BCUT2D eigenvalue weighted by molar-refractivity contribution is 8.01. The van der Waals surface area contributed by atoms with Gasteiger partial charge in [0.15, 0.2) is 0 Å². The van der Waals surface area contributed by atoms with Gasteiger partial charge in [-0.15, -0.1) is 11.8 Å². The molecule has 2 atom stereocenters. The Morgan fingerprint density at radius 1 is 1.53 bits per heavy atom. The standard InChI is InChI=1S/C11H13NO2S/c1-11(10(13)14)9(12-7-15-11)8-5-3-2-4-6-8/h2-6,9,12H,7H2,1H3,(H,13,14). The normalized spacial score (nSPS) is 30.3. The number of carbonyl (C=O) groups is 1. The van der Waals surface area contributed by atoms with E-state index in [-0.39, 0.29) is 6.04 Å². The molecule has 1 heterocycles. The van der Waals surface area contributed by atoms with Crippen molar-refractivity contribution in [1.29, 1.82) is 0 Å². The van der Waals surface area contributed by atoms with Crippen molar-refractivity contribution in [1.82, 2.24) is 5.32 Å². The molecule has 0 amide bonds. The van der Waals surface area contributed by atoms with Crippen LogP contribution in [0.1, 0.15) is 18.5 Å². The van der Waals surface area contributed by atoms with Gasteiger partial charge in [0, 0.05) is 5.88 Å². The van der Waals surface area contributed by atoms with Gasteiger partial charge in [0.2, 0.25) is 0 Å². The molecule has 1 aromatic carbocycles. The average molecular weight is 223 g/mol. The summed E-state index contributed by atoms with van der Waals surface area (Å²) in [6.45, 7) is 1.78. The van der Waals surface area contributed by atoms with E-state index in [0.29, 0.717) is 5.88 Å². The van der Waals surface area contributed by atoms with Crippen molar-refractivity contribution < 1.29 is 9.90 Å². The van der Waals surface area contributed by atoms with Crippen molar-refractivity contribution in [3.05, 3.63) is 35.9 Å². The first-order valence-corrected chi connectivity index (χ1v) is 5.79. The summed E-state index contributed by atoms with van der Waals surface area (Å²) < 4.78 is -0.763. The van der Waals surface area contributed by atoms with Gasteiger partial charge in [-0.2, -0.15) is 0 Å². The second-order valence-electron chi connectivity index (χ2n) is 3.75. The molecule has 4 heteroatoms. The lowest BCUT2D eigenvalue weighted by atomic mass is 9.94. The number of nitrogens with one attached hydrogen (secondary N) is 1. The van der Waals surface area contributed by atoms with Crippen LogP contribution in [0, 0.1) is 0 Å². The van der Waals surface area contributed by atoms with Crippen LogP contribution in [0.3, 0.4) is 0 Å². The van der Waals surface area contributed by atoms with Crippen molar-refractivity contribution in [3.8, 4) is 0 Å². The van der Waals surface area contributed by atoms with Crippen molar-refractivity contribution in [2.45, 2.75) is 17.7 Å². The minimum atomic E-state index is -0.763. The minimum Gasteiger partial charge on any atom is -0.480 e. The number of benzene rings is 1. The van der Waals surface area contributed by atoms with Crippen LogP contribution < -0.4 is 5.32 Å². The van der Waals surface area contributed by atoms with Crippen LogP contribution in [0.15, 0.2) is 30.3 Å². The summed E-state index contributed by atoms with van der Waals surface area (Å²) in [5.41, 5.74) is 1.03. The molecule has 3 nitrogen and oxygen atoms in total. The lowest BCUT2D eigenvalue weighted by Crippen LogP contribution is -2.38. The molecule has 0 spiro atoms. The molecule has 0 bridgehead atoms. The van der Waals surface area contributed by atoms with Crippen molar-refractivity contribution in [2.24, 2.45) is 0 Å². The van der Waals surface area contributed by atoms with Crippen LogP contribution in [0.5, 0.6) is 0 Å². The molecule has 2 unspecified atom stereocenters. The predicted octanol–water partition coefficient (Wildman–Crippen LogP) is 1.86. The van der Waals surface area contributed by atoms with E-state index in [4.69, 9.17) is 0 Å². The lowest BCUT2D eigenvalue weighted by Gasteiger charge is -2.25. The van der Waals surface area contributed by atoms with E-state index >= 15 is 0 Å². The predicted molar refractivity (Wildman–Crippen MR) is 60.8 cm³/mol. The van der Waals surface area contributed by atoms with Crippen LogP contribution in [0.25, 0.3) is 0 Å². The summed E-state index contributed by atoms with van der Waals surface area (Å²) in [6.07, 6.45) is 0. The summed E-state index contributed by atoms with van der Waals surface area (Å²) in [6, 6.07) is 9.62. The molecule has 2 N–H and O–H groups in total. The van der Waals surface area contributed by atoms with E-state index in [9.17, 15) is 9.90 Å². The van der Waals surface area contributed by atoms with E-state index in [2.05, 4.69) is 5.32 Å². The number of carboxylic acid groups (broad SMARTS) is 1. The summed E-state index contributed by atoms with van der Waals surface area (Å²) in [5, 5.41) is 12.5. The number of hydrogen-bond acceptors (Lipinski definition) is 3. The molecule has 2 rings (SSSR count). The topological polar surface area (TPSA) is 49.3 Å². The molecule has 1 aromatic rings. The first kappa shape index (κ1) is 10.5. The highest BCUT2D eigenvalue weighted by Gasteiger charge is 2.46. The Hall–Kier alpha value is -1.00. The zero-order valence-electron chi connectivity index (χ0n) is 8.43. The number of aliphatic carboxylic acids is 1. The Bertz CT molecular complexity index is 368. The molecule has 0 aliphatic carbocycles. The number of thioether (sulfide) groups is 1. The number of hydrogen-bond donors (Lipinski definition) is 2. The molecule has 80 valence electrons. The third kappa shape index (κ3) is 1.75. The fourth-order valence-electron chi connectivity index (χ4n) is 1.82. The maximum Gasteiger partial charge on any atom is 0.321 e. The van der Waals surface area contributed by atoms with Gasteiger partial charge >= 0.3 is 5.97 Å². The summed E-state index contributed by atoms with van der Waals surface area (Å²) in [5.74, 6) is -0.0751. The smallest absolute Gasteiger partial charge is 0.321 e. The monoisotopic (exact) mass is 223 g/mol. The van der Waals surface area contributed by atoms with Crippen molar-refractivity contribution in [2.75, 3.05) is 5.88 Å². The van der Waals surface area contributed by atoms with E-state index in [1.165, 1.54) is 11.8 Å². The first-order chi connectivity index (χ1) is 7.14. The van der Waals surface area contributed by atoms with Gasteiger partial charge in [0.1, 0.15) is 4.75 Å². The Morgan fingerprint density at radius 2 is 2.20 bits per heavy atom. The van der Waals surface area contributed by atoms with Gasteiger partial charge in [-0.25, -0.2) is 0 Å². The van der Waals surface area contributed by atoms with Gasteiger partial charge < -0.3 is 5.11 Å². The van der Waals surface area contributed by atoms with E-state index < -0.39 is 10.7 Å². The van der Waals surface area contributed by atoms with E-state index in [0.717, 1.165) is 5.56 Å². The molecular weight excluding hydrogens is 210 g/mol. The first-order valence-electron chi connectivity index (χ1n) is 4.80. The zero-order chi connectivity index (χ0) is 10.9. The van der Waals surface area contributed by atoms with E-state index in [1.807, 2.05) is 30.3 Å². The second-order valence-corrected chi connectivity index (χ2v) is 5.17. The van der Waals surface area contributed by atoms with Crippen LogP contribution in [0.4, 0.5) is 0 Å². The van der Waals surface area contributed by atoms with Crippen molar-refractivity contribution >= 4 is 17.7 Å². The Labute approximate surface area is 92.9 Å². The van der Waals surface area contributed by atoms with Gasteiger partial charge in [0.25, 0.3) is 0 Å². The maximum atomic E-state index is 11.2. The van der Waals surface area contributed by atoms with Crippen LogP contribution >= 0.6 is 11.8 Å². The third-order valence-corrected chi connectivity index (χ3v) is 4.09. The molecule has 0 saturated carbocycles. The Balaban J connectivity index is 2.34. The molecule has 15 heavy (non-hydrogen) atoms. The second kappa shape index (κ2) is 3.87. The molecule has 0 aromatic heterocycles. The highest BCUT2D eigenvalue weighted by atomic mass is 32.2. The van der Waals surface area contributed by atoms with Gasteiger partial charge in [0.05, 0.1) is 6.04 Å². The van der Waals surface area contributed by atoms with Crippen LogP contribution in [0.2, 0.25) is 0 Å². The molecule has 1 saturated heterocycles. The van der Waals surface area contributed by atoms with E-state index in [1.54, 1.807) is 6.92 Å². The largest absolute Gasteiger partial charge is 0.480 e. The SMILES string of the molecule is CC1(C(=O)O)SCNC1c1ccccc1. The quantitative estimate of drug-likeness (QED) is 0.803. The summed E-state index contributed by atoms with van der Waals surface area (Å²) in [7, 11) is 0. The zero-order valence-corrected chi connectivity index (χ0v) is 9.25. The van der Waals surface area contributed by atoms with Crippen LogP contribution in [-0.2, 0) is 4.79 Å². The summed E-state index contributed by atoms with van der Waals surface area (Å²) in [4.78, 5) is 11.2. The van der Waals surface area contributed by atoms with Gasteiger partial charge in [-0.05, 0) is 12.5 Å². The third-order valence-electron chi connectivity index (χ3n) is 2.77. The average Bonchev–Trinajstić information content (AvgIpc) is 2.63. The summed E-state index contributed by atoms with van der Waals surface area (Å²) >= 11 is 1.45. The minimum absolute atomic E-state index is 0.110. The van der Waals surface area contributed by atoms with Gasteiger partial charge in [-0.3, -0.25) is 10.1 Å². The molecule has 1 aliphatic heterocycles. The highest BCUT2D eigenvalue weighted by Crippen LogP contribution is 2.42. The number of rotatable bonds is 2. The molecule has 1 fully saturated rings. The Morgan fingerprint density at radius 3 is 2.80 bits per heavy atom. The Kier molecular flexibility index (Phi) is 2.71. The fraction of sp³-hybridized carbons (Fsp3) is 0.364. The van der Waals surface area contributed by atoms with Crippen LogP contribution in [-0.4, -0.2) is 21.7 Å². The lowest BCUT2D eigenvalue weighted by molar-refractivity contribution is -0.140. The molecular formula is C11H13NO2S. The maximum absolute atomic E-state index is 11.2. The molecule has 0 radical (unpaired) electrons. The van der Waals surface area contributed by atoms with Gasteiger partial charge in [-0.1, -0.05) is 30.3 Å². The molecule has 1 aliphatic rings.